The molecule has 2 N–H and O–H groups in total. The van der Waals surface area contributed by atoms with Crippen LogP contribution in [0.15, 0.2) is 24.4 Å². The van der Waals surface area contributed by atoms with E-state index in [1.807, 2.05) is 0 Å². The van der Waals surface area contributed by atoms with Crippen molar-refractivity contribution in [1.82, 2.24) is 4.98 Å². The zero-order valence-corrected chi connectivity index (χ0v) is 6.74. The van der Waals surface area contributed by atoms with Gasteiger partial charge in [0.15, 0.2) is 0 Å². The molecule has 1 aromatic carbocycles. The third kappa shape index (κ3) is 1.20. The molecular weight excluding hydrogens is 165 g/mol. The molecule has 0 aliphatic rings. The van der Waals surface area contributed by atoms with Gasteiger partial charge in [-0.1, -0.05) is 17.6 Å². The van der Waals surface area contributed by atoms with Crippen LogP contribution in [0.25, 0.3) is 10.9 Å². The lowest BCUT2D eigenvalue weighted by atomic mass is 9.94. The zero-order valence-electron chi connectivity index (χ0n) is 6.74. The smallest absolute Gasteiger partial charge is 0.337 e. The Morgan fingerprint density at radius 3 is 2.92 bits per heavy atom. The molecule has 62 valence electrons. The van der Waals surface area contributed by atoms with Crippen LogP contribution >= 0.6 is 0 Å². The first-order valence-electron chi connectivity index (χ1n) is 3.78. The SMILES string of the molecule is [B]c1ccc2[nH]cc(C(=O)O)c2c1. The normalized spacial score (nSPS) is 10.5. The number of nitrogens with one attached hydrogen (secondary N) is 1. The molecule has 0 spiro atoms. The molecular formula is C9H6BNO2. The van der Waals surface area contributed by atoms with Crippen molar-refractivity contribution in [2.24, 2.45) is 0 Å². The number of hydrogen-bond donors (Lipinski definition) is 2. The van der Waals surface area contributed by atoms with Gasteiger partial charge in [0.25, 0.3) is 0 Å². The van der Waals surface area contributed by atoms with Gasteiger partial charge in [0.05, 0.1) is 5.56 Å². The van der Waals surface area contributed by atoms with Crippen molar-refractivity contribution < 1.29 is 9.90 Å². The Morgan fingerprint density at radius 2 is 2.23 bits per heavy atom. The number of carboxylic acid groups (broad SMARTS) is 1. The Bertz CT molecular complexity index is 475. The first-order valence-corrected chi connectivity index (χ1v) is 3.78. The average molecular weight is 171 g/mol. The minimum Gasteiger partial charge on any atom is -0.478 e. The van der Waals surface area contributed by atoms with Gasteiger partial charge in [0, 0.05) is 17.1 Å². The fourth-order valence-corrected chi connectivity index (χ4v) is 1.32. The van der Waals surface area contributed by atoms with Gasteiger partial charge in [0.2, 0.25) is 0 Å². The van der Waals surface area contributed by atoms with Crippen LogP contribution in [0.4, 0.5) is 0 Å². The molecule has 13 heavy (non-hydrogen) atoms. The summed E-state index contributed by atoms with van der Waals surface area (Å²) in [5.74, 6) is -0.947. The summed E-state index contributed by atoms with van der Waals surface area (Å²) in [4.78, 5) is 13.6. The standard InChI is InChI=1S/C9H6BNO2/c10-5-1-2-8-6(3-5)7(4-11-8)9(12)13/h1-4,11H,(H,12,13). The van der Waals surface area contributed by atoms with E-state index in [4.69, 9.17) is 13.0 Å². The highest BCUT2D eigenvalue weighted by molar-refractivity contribution is 6.33. The quantitative estimate of drug-likeness (QED) is 0.619. The predicted molar refractivity (Wildman–Crippen MR) is 50.6 cm³/mol. The molecule has 0 atom stereocenters. The lowest BCUT2D eigenvalue weighted by Gasteiger charge is -1.94. The van der Waals surface area contributed by atoms with Crippen LogP contribution in [0, 0.1) is 0 Å². The molecule has 0 aliphatic heterocycles. The van der Waals surface area contributed by atoms with E-state index < -0.39 is 5.97 Å². The molecule has 0 saturated carbocycles. The Hall–Kier alpha value is -1.71. The van der Waals surface area contributed by atoms with Crippen LogP contribution in [0.3, 0.4) is 0 Å². The van der Waals surface area contributed by atoms with Crippen molar-refractivity contribution in [3.63, 3.8) is 0 Å². The van der Waals surface area contributed by atoms with E-state index in [2.05, 4.69) is 4.98 Å². The van der Waals surface area contributed by atoms with E-state index >= 15 is 0 Å². The minimum absolute atomic E-state index is 0.252. The summed E-state index contributed by atoms with van der Waals surface area (Å²) >= 11 is 0. The fraction of sp³-hybridized carbons (Fsp3) is 0. The average Bonchev–Trinajstić information content (AvgIpc) is 2.46. The van der Waals surface area contributed by atoms with E-state index in [9.17, 15) is 4.79 Å². The molecule has 1 heterocycles. The fourth-order valence-electron chi connectivity index (χ4n) is 1.32. The summed E-state index contributed by atoms with van der Waals surface area (Å²) in [5, 5.41) is 9.45. The van der Waals surface area contributed by atoms with Crippen molar-refractivity contribution >= 4 is 30.2 Å². The minimum atomic E-state index is -0.947. The molecule has 2 radical (unpaired) electrons. The number of fused-ring (bicyclic) bond motifs is 1. The highest BCUT2D eigenvalue weighted by Gasteiger charge is 2.09. The highest BCUT2D eigenvalue weighted by atomic mass is 16.4. The maximum absolute atomic E-state index is 10.7. The molecule has 2 aromatic rings. The summed E-state index contributed by atoms with van der Waals surface area (Å²) in [5.41, 5.74) is 1.60. The first-order chi connectivity index (χ1) is 6.18. The number of aromatic nitrogens is 1. The van der Waals surface area contributed by atoms with E-state index in [-0.39, 0.29) is 5.56 Å². The third-order valence-electron chi connectivity index (χ3n) is 1.94. The largest absolute Gasteiger partial charge is 0.478 e. The van der Waals surface area contributed by atoms with Gasteiger partial charge in [-0.05, 0) is 6.07 Å². The maximum Gasteiger partial charge on any atom is 0.337 e. The summed E-state index contributed by atoms with van der Waals surface area (Å²) in [6.45, 7) is 0. The Labute approximate surface area is 75.8 Å². The third-order valence-corrected chi connectivity index (χ3v) is 1.94. The number of carbonyl (C=O) groups is 1. The van der Waals surface area contributed by atoms with E-state index in [1.54, 1.807) is 18.2 Å². The molecule has 0 aliphatic carbocycles. The van der Waals surface area contributed by atoms with Crippen molar-refractivity contribution in [2.75, 3.05) is 0 Å². The monoisotopic (exact) mass is 171 g/mol. The number of aromatic amines is 1. The summed E-state index contributed by atoms with van der Waals surface area (Å²) in [6.07, 6.45) is 1.46. The molecule has 0 unspecified atom stereocenters. The Kier molecular flexibility index (Phi) is 1.62. The van der Waals surface area contributed by atoms with Crippen LogP contribution in [0.5, 0.6) is 0 Å². The first kappa shape index (κ1) is 7.92. The van der Waals surface area contributed by atoms with Crippen molar-refractivity contribution in [3.8, 4) is 0 Å². The van der Waals surface area contributed by atoms with Crippen LogP contribution in [-0.2, 0) is 0 Å². The maximum atomic E-state index is 10.7. The lowest BCUT2D eigenvalue weighted by Crippen LogP contribution is -2.01. The van der Waals surface area contributed by atoms with Crippen LogP contribution in [-0.4, -0.2) is 23.9 Å². The molecule has 2 rings (SSSR count). The number of H-pyrrole nitrogens is 1. The van der Waals surface area contributed by atoms with Gasteiger partial charge in [0.1, 0.15) is 7.85 Å². The highest BCUT2D eigenvalue weighted by Crippen LogP contribution is 2.16. The zero-order chi connectivity index (χ0) is 9.42. The molecule has 0 bridgehead atoms. The van der Waals surface area contributed by atoms with Crippen molar-refractivity contribution in [3.05, 3.63) is 30.0 Å². The topological polar surface area (TPSA) is 53.1 Å². The molecule has 0 amide bonds. The molecule has 0 fully saturated rings. The van der Waals surface area contributed by atoms with E-state index in [0.717, 1.165) is 5.52 Å². The number of benzene rings is 1. The lowest BCUT2D eigenvalue weighted by molar-refractivity contribution is 0.0699. The Morgan fingerprint density at radius 1 is 1.46 bits per heavy atom. The number of rotatable bonds is 1. The van der Waals surface area contributed by atoms with Gasteiger partial charge in [-0.2, -0.15) is 0 Å². The van der Waals surface area contributed by atoms with E-state index in [0.29, 0.717) is 10.8 Å². The second-order valence-corrected chi connectivity index (χ2v) is 2.81. The molecule has 3 nitrogen and oxygen atoms in total. The van der Waals surface area contributed by atoms with Gasteiger partial charge in [-0.25, -0.2) is 4.79 Å². The number of carboxylic acids is 1. The predicted octanol–water partition coefficient (Wildman–Crippen LogP) is 0.660. The van der Waals surface area contributed by atoms with E-state index in [1.165, 1.54) is 6.20 Å². The second kappa shape index (κ2) is 2.66. The van der Waals surface area contributed by atoms with Gasteiger partial charge >= 0.3 is 5.97 Å². The second-order valence-electron chi connectivity index (χ2n) is 2.81. The Balaban J connectivity index is 2.79. The van der Waals surface area contributed by atoms with Crippen molar-refractivity contribution in [2.45, 2.75) is 0 Å². The summed E-state index contributed by atoms with van der Waals surface area (Å²) < 4.78 is 0. The number of hydrogen-bond acceptors (Lipinski definition) is 1. The van der Waals surface area contributed by atoms with Gasteiger partial charge in [-0.3, -0.25) is 0 Å². The van der Waals surface area contributed by atoms with Gasteiger partial charge < -0.3 is 10.1 Å². The number of aromatic carboxylic acids is 1. The van der Waals surface area contributed by atoms with Crippen LogP contribution < -0.4 is 5.46 Å². The molecule has 4 heteroatoms. The van der Waals surface area contributed by atoms with Gasteiger partial charge in [-0.15, -0.1) is 0 Å². The van der Waals surface area contributed by atoms with Crippen LogP contribution in [0.2, 0.25) is 0 Å². The van der Waals surface area contributed by atoms with Crippen LogP contribution in [0.1, 0.15) is 10.4 Å². The molecule has 0 saturated heterocycles. The molecule has 1 aromatic heterocycles. The summed E-state index contributed by atoms with van der Waals surface area (Å²) in [6, 6.07) is 5.14. The summed E-state index contributed by atoms with van der Waals surface area (Å²) in [7, 11) is 5.55. The van der Waals surface area contributed by atoms with Crippen molar-refractivity contribution in [1.29, 1.82) is 0 Å².